The quantitative estimate of drug-likeness (QED) is 0.337. The number of thiazole rings is 1. The number of rotatable bonds is 12. The van der Waals surface area contributed by atoms with E-state index in [2.05, 4.69) is 25.7 Å². The number of nitrogens with zero attached hydrogens (tertiary/aromatic N) is 1. The monoisotopic (exact) mass is 534 g/mol. The molecule has 1 aliphatic rings. The smallest absolute Gasteiger partial charge is 0.263 e. The Morgan fingerprint density at radius 1 is 1.11 bits per heavy atom. The number of carbonyl (C=O) groups excluding carboxylic acids is 4. The number of Topliss-reactive ketones (excluding diaryl/α,β-unsaturated/α-hetero) is 1. The number of ketones is 1. The van der Waals surface area contributed by atoms with E-state index in [0.29, 0.717) is 17.9 Å². The molecule has 0 bridgehead atoms. The molecule has 37 heavy (non-hydrogen) atoms. The highest BCUT2D eigenvalue weighted by Crippen LogP contribution is 2.29. The lowest BCUT2D eigenvalue weighted by Crippen LogP contribution is -2.53. The van der Waals surface area contributed by atoms with Gasteiger partial charge in [0.15, 0.2) is 5.78 Å². The van der Waals surface area contributed by atoms with Gasteiger partial charge in [-0.1, -0.05) is 30.3 Å². The lowest BCUT2D eigenvalue weighted by Gasteiger charge is -2.21. The minimum Gasteiger partial charge on any atom is -0.388 e. The Bertz CT molecular complexity index is 1060. The van der Waals surface area contributed by atoms with E-state index in [9.17, 15) is 19.2 Å². The molecule has 1 aromatic heterocycles. The maximum absolute atomic E-state index is 12.9. The van der Waals surface area contributed by atoms with Crippen LogP contribution in [0, 0.1) is 6.92 Å². The van der Waals surface area contributed by atoms with Crippen LogP contribution in [0.2, 0.25) is 0 Å². The average molecular weight is 535 g/mol. The van der Waals surface area contributed by atoms with Crippen molar-refractivity contribution in [3.05, 3.63) is 52.0 Å². The number of carbonyl (C=O) groups is 4. The molecular formula is C25H34N4O7S. The first-order valence-electron chi connectivity index (χ1n) is 11.5. The predicted molar refractivity (Wildman–Crippen MR) is 137 cm³/mol. The van der Waals surface area contributed by atoms with Crippen LogP contribution >= 0.6 is 11.3 Å². The maximum Gasteiger partial charge on any atom is 0.263 e. The summed E-state index contributed by atoms with van der Waals surface area (Å²) in [5, 5.41) is 8.50. The fourth-order valence-corrected chi connectivity index (χ4v) is 3.94. The van der Waals surface area contributed by atoms with Crippen LogP contribution in [0.15, 0.2) is 36.5 Å². The number of benzene rings is 1. The van der Waals surface area contributed by atoms with Crippen molar-refractivity contribution in [2.24, 2.45) is 0 Å². The zero-order valence-electron chi connectivity index (χ0n) is 21.7. The molecule has 0 unspecified atom stereocenters. The van der Waals surface area contributed by atoms with E-state index >= 15 is 0 Å². The molecule has 0 spiro atoms. The van der Waals surface area contributed by atoms with Crippen LogP contribution in [0.3, 0.4) is 0 Å². The largest absolute Gasteiger partial charge is 0.388 e. The summed E-state index contributed by atoms with van der Waals surface area (Å²) in [6, 6.07) is 7.50. The molecule has 0 aliphatic carbocycles. The summed E-state index contributed by atoms with van der Waals surface area (Å²) < 4.78 is 14.5. The minimum atomic E-state index is -1.01. The van der Waals surface area contributed by atoms with Crippen LogP contribution in [-0.4, -0.2) is 87.3 Å². The van der Waals surface area contributed by atoms with Crippen LogP contribution in [0.25, 0.3) is 0 Å². The molecule has 0 saturated carbocycles. The van der Waals surface area contributed by atoms with Crippen molar-refractivity contribution in [2.75, 3.05) is 41.1 Å². The summed E-state index contributed by atoms with van der Waals surface area (Å²) in [7, 11) is 4.65. The van der Waals surface area contributed by atoms with Gasteiger partial charge >= 0.3 is 0 Å². The molecule has 2 heterocycles. The third kappa shape index (κ3) is 9.65. The number of ether oxygens (including phenoxy) is 3. The van der Waals surface area contributed by atoms with E-state index in [1.807, 2.05) is 30.3 Å². The third-order valence-corrected chi connectivity index (χ3v) is 6.17. The number of methoxy groups -OCH3 is 2. The highest BCUT2D eigenvalue weighted by atomic mass is 32.1. The van der Waals surface area contributed by atoms with Crippen LogP contribution in [0.1, 0.15) is 27.2 Å². The van der Waals surface area contributed by atoms with Gasteiger partial charge in [-0.05, 0) is 25.8 Å². The lowest BCUT2D eigenvalue weighted by molar-refractivity contribution is -0.131. The molecule has 1 fully saturated rings. The Balaban J connectivity index is 0.00000153. The van der Waals surface area contributed by atoms with Gasteiger partial charge in [-0.15, -0.1) is 11.3 Å². The van der Waals surface area contributed by atoms with Crippen molar-refractivity contribution >= 4 is 34.8 Å². The topological polar surface area (TPSA) is 148 Å². The number of amides is 3. The Labute approximate surface area is 220 Å². The molecule has 3 rings (SSSR count). The molecule has 2 aromatic rings. The summed E-state index contributed by atoms with van der Waals surface area (Å²) in [5.74, 6) is -1.80. The van der Waals surface area contributed by atoms with E-state index in [0.717, 1.165) is 10.6 Å². The highest BCUT2D eigenvalue weighted by molar-refractivity contribution is 7.13. The zero-order valence-corrected chi connectivity index (χ0v) is 22.5. The van der Waals surface area contributed by atoms with Crippen molar-refractivity contribution in [1.82, 2.24) is 20.9 Å². The van der Waals surface area contributed by atoms with E-state index < -0.39 is 35.4 Å². The minimum absolute atomic E-state index is 0.0816. The molecule has 3 N–H and O–H groups in total. The first-order valence-corrected chi connectivity index (χ1v) is 12.4. The van der Waals surface area contributed by atoms with Gasteiger partial charge in [-0.2, -0.15) is 0 Å². The number of aryl methyl sites for hydroxylation is 1. The lowest BCUT2D eigenvalue weighted by atomic mass is 9.95. The van der Waals surface area contributed by atoms with Gasteiger partial charge in [-0.3, -0.25) is 19.2 Å². The van der Waals surface area contributed by atoms with Gasteiger partial charge in [0.2, 0.25) is 11.8 Å². The van der Waals surface area contributed by atoms with Gasteiger partial charge in [0.1, 0.15) is 16.5 Å². The zero-order chi connectivity index (χ0) is 27.4. The molecule has 1 aliphatic heterocycles. The highest BCUT2D eigenvalue weighted by Gasteiger charge is 2.50. The molecule has 202 valence electrons. The molecule has 1 aromatic carbocycles. The molecule has 3 atom stereocenters. The normalized spacial score (nSPS) is 17.4. The molecule has 0 radical (unpaired) electrons. The van der Waals surface area contributed by atoms with E-state index in [4.69, 9.17) is 9.47 Å². The van der Waals surface area contributed by atoms with Crippen molar-refractivity contribution in [1.29, 1.82) is 0 Å². The molecule has 1 saturated heterocycles. The predicted octanol–water partition coefficient (Wildman–Crippen LogP) is 0.661. The van der Waals surface area contributed by atoms with Gasteiger partial charge in [-0.25, -0.2) is 4.98 Å². The summed E-state index contributed by atoms with van der Waals surface area (Å²) in [4.78, 5) is 54.8. The van der Waals surface area contributed by atoms with Crippen LogP contribution < -0.4 is 16.0 Å². The number of hydrogen-bond donors (Lipinski definition) is 3. The third-order valence-electron chi connectivity index (χ3n) is 5.26. The molecule has 3 amide bonds. The second-order valence-corrected chi connectivity index (χ2v) is 9.78. The van der Waals surface area contributed by atoms with E-state index in [1.165, 1.54) is 24.6 Å². The van der Waals surface area contributed by atoms with Gasteiger partial charge in [0, 0.05) is 21.3 Å². The summed E-state index contributed by atoms with van der Waals surface area (Å²) in [6.45, 7) is 3.31. The number of epoxide rings is 1. The fraction of sp³-hybridized carbons (Fsp3) is 0.480. The number of aromatic nitrogens is 1. The molecular weight excluding hydrogens is 500 g/mol. The van der Waals surface area contributed by atoms with Crippen molar-refractivity contribution in [3.63, 3.8) is 0 Å². The standard InChI is InChI=1S/C23H28N4O6S.C2H6O/c1-14-24-10-18(34-14)22(31)27-17(12-32-3)21(30)25-11-19(28)26-16(20(29)23(2)13-33-23)9-15-7-5-4-6-8-15;1-3-2/h4-8,10,16-17H,9,11-13H2,1-3H3,(H,25,30)(H,26,28)(H,27,31);1-2H3/t16-,17-,23+;/m0./s1. The van der Waals surface area contributed by atoms with Gasteiger partial charge < -0.3 is 30.2 Å². The van der Waals surface area contributed by atoms with E-state index in [1.54, 1.807) is 28.1 Å². The Kier molecular flexibility index (Phi) is 11.8. The first kappa shape index (κ1) is 30.0. The fourth-order valence-electron chi connectivity index (χ4n) is 3.26. The number of hydrogen-bond acceptors (Lipinski definition) is 9. The molecule has 11 nitrogen and oxygen atoms in total. The summed E-state index contributed by atoms with van der Waals surface area (Å²) in [6.07, 6.45) is 1.73. The van der Waals surface area contributed by atoms with Crippen LogP contribution in [0.4, 0.5) is 0 Å². The Morgan fingerprint density at radius 3 is 2.30 bits per heavy atom. The maximum atomic E-state index is 12.9. The van der Waals surface area contributed by atoms with Gasteiger partial charge in [0.25, 0.3) is 5.91 Å². The average Bonchev–Trinajstić information content (AvgIpc) is 3.48. The summed E-state index contributed by atoms with van der Waals surface area (Å²) >= 11 is 1.20. The second kappa shape index (κ2) is 14.5. The Morgan fingerprint density at radius 2 is 1.76 bits per heavy atom. The van der Waals surface area contributed by atoms with Crippen molar-refractivity contribution < 1.29 is 33.4 Å². The second-order valence-electron chi connectivity index (χ2n) is 8.54. The van der Waals surface area contributed by atoms with Crippen LogP contribution in [-0.2, 0) is 35.0 Å². The van der Waals surface area contributed by atoms with Crippen molar-refractivity contribution in [3.8, 4) is 0 Å². The van der Waals surface area contributed by atoms with Gasteiger partial charge in [0.05, 0.1) is 37.0 Å². The first-order chi connectivity index (χ1) is 17.6. The molecule has 12 heteroatoms. The number of nitrogens with one attached hydrogen (secondary N) is 3. The van der Waals surface area contributed by atoms with Crippen LogP contribution in [0.5, 0.6) is 0 Å². The van der Waals surface area contributed by atoms with Crippen molar-refractivity contribution in [2.45, 2.75) is 38.0 Å². The van der Waals surface area contributed by atoms with E-state index in [-0.39, 0.29) is 18.9 Å². The Hall–Kier alpha value is -3.19. The summed E-state index contributed by atoms with van der Waals surface area (Å²) in [5.41, 5.74) is -0.0191. The SMILES string of the molecule is COC.COC[C@H](NC(=O)c1cnc(C)s1)C(=O)NCC(=O)N[C@@H](Cc1ccccc1)C(=O)[C@@]1(C)CO1.